The van der Waals surface area contributed by atoms with Gasteiger partial charge in [0.2, 0.25) is 0 Å². The van der Waals surface area contributed by atoms with Crippen LogP contribution in [0.25, 0.3) is 0 Å². The van der Waals surface area contributed by atoms with E-state index in [-0.39, 0.29) is 24.6 Å². The minimum absolute atomic E-state index is 0.0434. The SMILES string of the molecule is C[Si](C)(C)CCOC1OC1[C@@H](N)CCCCP(=O)(O)Oc1ccccc1. The van der Waals surface area contributed by atoms with Crippen LogP contribution >= 0.6 is 7.60 Å². The normalized spacial score (nSPS) is 23.3. The second-order valence-electron chi connectivity index (χ2n) is 8.08. The molecule has 6 nitrogen and oxygen atoms in total. The van der Waals surface area contributed by atoms with Crippen LogP contribution in [-0.2, 0) is 14.0 Å². The fourth-order valence-electron chi connectivity index (χ4n) is 2.58. The van der Waals surface area contributed by atoms with Crippen LogP contribution < -0.4 is 10.3 Å². The van der Waals surface area contributed by atoms with E-state index in [0.29, 0.717) is 12.2 Å². The van der Waals surface area contributed by atoms with Crippen LogP contribution in [-0.4, -0.2) is 44.2 Å². The van der Waals surface area contributed by atoms with E-state index in [0.717, 1.165) is 25.5 Å². The van der Waals surface area contributed by atoms with Crippen LogP contribution in [0.15, 0.2) is 30.3 Å². The molecule has 1 aliphatic heterocycles. The van der Waals surface area contributed by atoms with Gasteiger partial charge in [0.1, 0.15) is 11.9 Å². The molecule has 0 aliphatic carbocycles. The van der Waals surface area contributed by atoms with E-state index in [4.69, 9.17) is 19.7 Å². The number of hydrogen-bond acceptors (Lipinski definition) is 5. The van der Waals surface area contributed by atoms with Gasteiger partial charge >= 0.3 is 7.60 Å². The molecule has 3 unspecified atom stereocenters. The van der Waals surface area contributed by atoms with Gasteiger partial charge in [-0.1, -0.05) is 44.3 Å². The van der Waals surface area contributed by atoms with Crippen LogP contribution in [0.5, 0.6) is 5.75 Å². The summed E-state index contributed by atoms with van der Waals surface area (Å²) >= 11 is 0. The molecule has 1 fully saturated rings. The van der Waals surface area contributed by atoms with Gasteiger partial charge in [-0.25, -0.2) is 4.57 Å². The Hall–Kier alpha value is -0.693. The summed E-state index contributed by atoms with van der Waals surface area (Å²) in [6.07, 6.45) is 1.98. The summed E-state index contributed by atoms with van der Waals surface area (Å²) in [5.41, 5.74) is 6.14. The highest BCUT2D eigenvalue weighted by Gasteiger charge is 2.44. The van der Waals surface area contributed by atoms with E-state index in [1.165, 1.54) is 0 Å². The first-order valence-corrected chi connectivity index (χ1v) is 14.7. The van der Waals surface area contributed by atoms with Crippen molar-refractivity contribution in [2.45, 2.75) is 63.4 Å². The van der Waals surface area contributed by atoms with E-state index in [9.17, 15) is 9.46 Å². The smallest absolute Gasteiger partial charge is 0.376 e. The van der Waals surface area contributed by atoms with Gasteiger partial charge in [-0.05, 0) is 31.0 Å². The molecule has 0 bridgehead atoms. The second-order valence-corrected chi connectivity index (χ2v) is 15.6. The summed E-state index contributed by atoms with van der Waals surface area (Å²) in [7, 11) is -4.71. The molecule has 1 heterocycles. The van der Waals surface area contributed by atoms with Crippen molar-refractivity contribution < 1.29 is 23.5 Å². The largest absolute Gasteiger partial charge is 0.424 e. The summed E-state index contributed by atoms with van der Waals surface area (Å²) in [6, 6.07) is 9.73. The third-order valence-corrected chi connectivity index (χ3v) is 7.34. The Morgan fingerprint density at radius 2 is 1.96 bits per heavy atom. The molecule has 0 spiro atoms. The lowest BCUT2D eigenvalue weighted by Crippen LogP contribution is -2.29. The van der Waals surface area contributed by atoms with Crippen molar-refractivity contribution in [2.75, 3.05) is 12.8 Å². The molecule has 0 saturated carbocycles. The zero-order chi connectivity index (χ0) is 19.2. The fourth-order valence-corrected chi connectivity index (χ4v) is 4.47. The molecule has 3 N–H and O–H groups in total. The summed E-state index contributed by atoms with van der Waals surface area (Å²) in [4.78, 5) is 9.92. The van der Waals surface area contributed by atoms with Crippen molar-refractivity contribution in [2.24, 2.45) is 5.73 Å². The van der Waals surface area contributed by atoms with Gasteiger partial charge < -0.3 is 24.6 Å². The van der Waals surface area contributed by atoms with Crippen molar-refractivity contribution in [3.8, 4) is 5.75 Å². The molecule has 4 atom stereocenters. The number of benzene rings is 1. The van der Waals surface area contributed by atoms with Crippen molar-refractivity contribution in [3.63, 3.8) is 0 Å². The maximum atomic E-state index is 12.1. The zero-order valence-electron chi connectivity index (χ0n) is 16.0. The van der Waals surface area contributed by atoms with Gasteiger partial charge in [0.15, 0.2) is 6.29 Å². The van der Waals surface area contributed by atoms with E-state index in [1.54, 1.807) is 24.3 Å². The Labute approximate surface area is 157 Å². The Bertz CT molecular complexity index is 595. The van der Waals surface area contributed by atoms with E-state index in [2.05, 4.69) is 19.6 Å². The molecular weight excluding hydrogens is 369 g/mol. The molecule has 0 amide bonds. The standard InChI is InChI=1S/C18H32NO5PSi/c1-26(2,3)14-12-22-18-17(23-18)16(19)11-7-8-13-25(20,21)24-15-9-5-4-6-10-15/h4-6,9-10,16-18H,7-8,11-14,19H2,1-3H3,(H,20,21)/t16-,17?,18?/m0/s1. The van der Waals surface area contributed by atoms with Crippen molar-refractivity contribution >= 4 is 15.7 Å². The van der Waals surface area contributed by atoms with Gasteiger partial charge in [-0.15, -0.1) is 0 Å². The number of rotatable bonds is 12. The minimum atomic E-state index is -3.62. The molecule has 8 heteroatoms. The number of nitrogens with two attached hydrogens (primary N) is 1. The highest BCUT2D eigenvalue weighted by molar-refractivity contribution is 7.53. The predicted molar refractivity (Wildman–Crippen MR) is 106 cm³/mol. The van der Waals surface area contributed by atoms with Crippen LogP contribution in [0.4, 0.5) is 0 Å². The van der Waals surface area contributed by atoms with E-state index < -0.39 is 15.7 Å². The first kappa shape index (κ1) is 21.6. The van der Waals surface area contributed by atoms with Gasteiger partial charge in [0.05, 0.1) is 6.16 Å². The Morgan fingerprint density at radius 1 is 1.27 bits per heavy atom. The molecule has 1 aromatic rings. The molecule has 0 radical (unpaired) electrons. The highest BCUT2D eigenvalue weighted by atomic mass is 31.2. The lowest BCUT2D eigenvalue weighted by Gasteiger charge is -2.15. The Balaban J connectivity index is 1.57. The fraction of sp³-hybridized carbons (Fsp3) is 0.667. The summed E-state index contributed by atoms with van der Waals surface area (Å²) in [5, 5.41) is 0. The van der Waals surface area contributed by atoms with Crippen LogP contribution in [0.1, 0.15) is 19.3 Å². The zero-order valence-corrected chi connectivity index (χ0v) is 17.9. The summed E-state index contributed by atoms with van der Waals surface area (Å²) < 4.78 is 28.5. The van der Waals surface area contributed by atoms with Gasteiger partial charge in [-0.2, -0.15) is 0 Å². The summed E-state index contributed by atoms with van der Waals surface area (Å²) in [5.74, 6) is 0.416. The average Bonchev–Trinajstić information content (AvgIpc) is 3.30. The van der Waals surface area contributed by atoms with E-state index in [1.807, 2.05) is 6.07 Å². The third kappa shape index (κ3) is 8.33. The topological polar surface area (TPSA) is 94.3 Å². The average molecular weight is 402 g/mol. The van der Waals surface area contributed by atoms with Gasteiger partial charge in [0, 0.05) is 20.7 Å². The predicted octanol–water partition coefficient (Wildman–Crippen LogP) is 3.83. The Morgan fingerprint density at radius 3 is 2.62 bits per heavy atom. The molecule has 1 aromatic carbocycles. The van der Waals surface area contributed by atoms with Crippen molar-refractivity contribution in [3.05, 3.63) is 30.3 Å². The quantitative estimate of drug-likeness (QED) is 0.239. The van der Waals surface area contributed by atoms with E-state index >= 15 is 0 Å². The minimum Gasteiger partial charge on any atom is -0.424 e. The highest BCUT2D eigenvalue weighted by Crippen LogP contribution is 2.43. The molecule has 1 saturated heterocycles. The molecule has 1 aliphatic rings. The first-order chi connectivity index (χ1) is 12.2. The van der Waals surface area contributed by atoms with Crippen LogP contribution in [0.3, 0.4) is 0 Å². The monoisotopic (exact) mass is 401 g/mol. The van der Waals surface area contributed by atoms with Crippen LogP contribution in [0, 0.1) is 0 Å². The molecule has 148 valence electrons. The number of unbranched alkanes of at least 4 members (excludes halogenated alkanes) is 1. The Kier molecular flexibility index (Phi) is 7.88. The molecular formula is C18H32NO5PSi. The lowest BCUT2D eigenvalue weighted by molar-refractivity contribution is 0.0588. The molecule has 2 rings (SSSR count). The number of hydrogen-bond donors (Lipinski definition) is 2. The number of epoxide rings is 1. The molecule has 26 heavy (non-hydrogen) atoms. The first-order valence-electron chi connectivity index (χ1n) is 9.25. The number of ether oxygens (including phenoxy) is 2. The van der Waals surface area contributed by atoms with Crippen molar-refractivity contribution in [1.82, 2.24) is 0 Å². The number of para-hydroxylation sites is 1. The maximum absolute atomic E-state index is 12.1. The molecule has 0 aromatic heterocycles. The second kappa shape index (κ2) is 9.49. The summed E-state index contributed by atoms with van der Waals surface area (Å²) in [6.45, 7) is 7.67. The van der Waals surface area contributed by atoms with Gasteiger partial charge in [-0.3, -0.25) is 0 Å². The lowest BCUT2D eigenvalue weighted by atomic mass is 10.1. The third-order valence-electron chi connectivity index (χ3n) is 4.26. The maximum Gasteiger partial charge on any atom is 0.376 e. The van der Waals surface area contributed by atoms with Crippen LogP contribution in [0.2, 0.25) is 25.7 Å². The van der Waals surface area contributed by atoms with Gasteiger partial charge in [0.25, 0.3) is 0 Å². The van der Waals surface area contributed by atoms with Crippen molar-refractivity contribution in [1.29, 1.82) is 0 Å².